The van der Waals surface area contributed by atoms with Crippen LogP contribution in [-0.4, -0.2) is 30.5 Å². The van der Waals surface area contributed by atoms with Crippen LogP contribution in [0.25, 0.3) is 0 Å². The van der Waals surface area contributed by atoms with E-state index in [-0.39, 0.29) is 24.1 Å². The fourth-order valence-electron chi connectivity index (χ4n) is 3.59. The molecule has 28 heavy (non-hydrogen) atoms. The van der Waals surface area contributed by atoms with Crippen LogP contribution < -0.4 is 9.64 Å². The van der Waals surface area contributed by atoms with E-state index in [1.807, 2.05) is 24.3 Å². The van der Waals surface area contributed by atoms with Crippen LogP contribution in [-0.2, 0) is 4.79 Å². The molecule has 0 aromatic heterocycles. The molecule has 1 fully saturated rings. The highest BCUT2D eigenvalue weighted by Gasteiger charge is 2.38. The number of anilines is 1. The molecule has 2 aliphatic rings. The highest BCUT2D eigenvalue weighted by atomic mass is 32.2. The molecule has 4 rings (SSSR count). The van der Waals surface area contributed by atoms with E-state index in [4.69, 9.17) is 4.74 Å². The van der Waals surface area contributed by atoms with Crippen molar-refractivity contribution in [2.45, 2.75) is 12.3 Å². The lowest BCUT2D eigenvalue weighted by molar-refractivity contribution is -0.129. The number of carbonyl (C=O) groups excluding carboxylic acids is 1. The largest absolute Gasteiger partial charge is 0.495 e. The Morgan fingerprint density at radius 1 is 1.21 bits per heavy atom. The lowest BCUT2D eigenvalue weighted by Crippen LogP contribution is -2.47. The number of rotatable bonds is 3. The molecule has 0 saturated carbocycles. The Bertz CT molecular complexity index is 984. The topological polar surface area (TPSA) is 56.6 Å². The Balaban J connectivity index is 1.67. The zero-order valence-electron chi connectivity index (χ0n) is 15.3. The molecule has 7 heteroatoms. The lowest BCUT2D eigenvalue weighted by atomic mass is 9.86. The van der Waals surface area contributed by atoms with E-state index in [0.717, 1.165) is 17.0 Å². The van der Waals surface area contributed by atoms with Crippen LogP contribution in [0.15, 0.2) is 59.1 Å². The first-order valence-electron chi connectivity index (χ1n) is 8.83. The number of ether oxygens (including phenoxy) is 1. The van der Waals surface area contributed by atoms with Gasteiger partial charge in [0.1, 0.15) is 11.6 Å². The summed E-state index contributed by atoms with van der Waals surface area (Å²) in [5, 5.41) is 10.5. The molecule has 0 spiro atoms. The van der Waals surface area contributed by atoms with Crippen molar-refractivity contribution < 1.29 is 13.9 Å². The maximum Gasteiger partial charge on any atom is 0.229 e. The minimum atomic E-state index is -0.338. The summed E-state index contributed by atoms with van der Waals surface area (Å²) in [4.78, 5) is 16.6. The highest BCUT2D eigenvalue weighted by Crippen LogP contribution is 2.44. The molecule has 0 radical (unpaired) electrons. The van der Waals surface area contributed by atoms with Crippen molar-refractivity contribution >= 4 is 23.4 Å². The fraction of sp³-hybridized carbons (Fsp3) is 0.238. The summed E-state index contributed by atoms with van der Waals surface area (Å²) >= 11 is 1.47. The van der Waals surface area contributed by atoms with E-state index in [1.165, 1.54) is 23.9 Å². The number of para-hydroxylation sites is 2. The summed E-state index contributed by atoms with van der Waals surface area (Å²) in [5.41, 5.74) is 2.26. The van der Waals surface area contributed by atoms with Gasteiger partial charge in [0.15, 0.2) is 0 Å². The molecule has 1 amide bonds. The normalized spacial score (nSPS) is 19.3. The van der Waals surface area contributed by atoms with Crippen molar-refractivity contribution in [3.05, 3.63) is 70.5 Å². The number of methoxy groups -OCH3 is 1. The van der Waals surface area contributed by atoms with Crippen LogP contribution in [0.1, 0.15) is 17.9 Å². The summed E-state index contributed by atoms with van der Waals surface area (Å²) in [6.07, 6.45) is 0.193. The number of halogens is 1. The van der Waals surface area contributed by atoms with Gasteiger partial charge in [0.05, 0.1) is 42.0 Å². The molecule has 0 N–H and O–H groups in total. The smallest absolute Gasteiger partial charge is 0.229 e. The average molecular weight is 395 g/mol. The Kier molecular flexibility index (Phi) is 4.97. The van der Waals surface area contributed by atoms with Crippen molar-refractivity contribution in [3.8, 4) is 11.8 Å². The molecule has 2 heterocycles. The van der Waals surface area contributed by atoms with Gasteiger partial charge in [-0.25, -0.2) is 4.39 Å². The van der Waals surface area contributed by atoms with Crippen LogP contribution in [0.5, 0.6) is 5.75 Å². The van der Waals surface area contributed by atoms with Gasteiger partial charge in [0, 0.05) is 12.3 Å². The quantitative estimate of drug-likeness (QED) is 0.785. The lowest BCUT2D eigenvalue weighted by Gasteiger charge is -2.42. The van der Waals surface area contributed by atoms with Gasteiger partial charge in [-0.2, -0.15) is 5.26 Å². The highest BCUT2D eigenvalue weighted by molar-refractivity contribution is 8.03. The minimum absolute atomic E-state index is 0.0459. The van der Waals surface area contributed by atoms with Crippen molar-refractivity contribution in [1.82, 2.24) is 4.90 Å². The van der Waals surface area contributed by atoms with Crippen LogP contribution in [0.4, 0.5) is 10.1 Å². The first-order valence-corrected chi connectivity index (χ1v) is 9.81. The fourth-order valence-corrected chi connectivity index (χ4v) is 4.74. The van der Waals surface area contributed by atoms with E-state index >= 15 is 0 Å². The van der Waals surface area contributed by atoms with Gasteiger partial charge in [0.25, 0.3) is 0 Å². The number of hydrogen-bond donors (Lipinski definition) is 0. The summed E-state index contributed by atoms with van der Waals surface area (Å²) in [6.45, 7) is 0.364. The molecule has 2 aliphatic heterocycles. The summed E-state index contributed by atoms with van der Waals surface area (Å²) in [6, 6.07) is 16.0. The molecule has 1 atom stereocenters. The zero-order chi connectivity index (χ0) is 19.7. The molecule has 0 bridgehead atoms. The van der Waals surface area contributed by atoms with Crippen LogP contribution in [0.2, 0.25) is 0 Å². The second-order valence-electron chi connectivity index (χ2n) is 6.59. The van der Waals surface area contributed by atoms with E-state index < -0.39 is 0 Å². The third kappa shape index (κ3) is 3.20. The molecule has 2 aromatic carbocycles. The van der Waals surface area contributed by atoms with Gasteiger partial charge >= 0.3 is 0 Å². The number of hydrogen-bond acceptors (Lipinski definition) is 5. The Morgan fingerprint density at radius 3 is 2.68 bits per heavy atom. The van der Waals surface area contributed by atoms with E-state index in [0.29, 0.717) is 23.1 Å². The maximum absolute atomic E-state index is 13.3. The van der Waals surface area contributed by atoms with Crippen LogP contribution in [0, 0.1) is 17.1 Å². The summed E-state index contributed by atoms with van der Waals surface area (Å²) < 4.78 is 18.7. The number of carbonyl (C=O) groups is 1. The number of nitriles is 1. The van der Waals surface area contributed by atoms with E-state index in [9.17, 15) is 14.4 Å². The maximum atomic E-state index is 13.3. The monoisotopic (exact) mass is 395 g/mol. The van der Waals surface area contributed by atoms with Gasteiger partial charge in [-0.05, 0) is 29.8 Å². The second kappa shape index (κ2) is 7.56. The molecule has 2 aromatic rings. The standard InChI is InChI=1S/C21H18FN3O2S/c1-27-19-5-3-2-4-18(19)24-12-25-20(26)10-16(14-6-8-15(22)9-7-14)17(11-23)21(25)28-13-24/h2-9,16H,10,12-13H2,1H3/t16-/m0/s1. The second-order valence-corrected chi connectivity index (χ2v) is 7.52. The Labute approximate surface area is 167 Å². The third-order valence-electron chi connectivity index (χ3n) is 4.99. The predicted molar refractivity (Wildman–Crippen MR) is 106 cm³/mol. The number of amides is 1. The predicted octanol–water partition coefficient (Wildman–Crippen LogP) is 4.05. The number of nitrogens with zero attached hydrogens (tertiary/aromatic N) is 3. The first kappa shape index (κ1) is 18.4. The van der Waals surface area contributed by atoms with Gasteiger partial charge in [-0.15, -0.1) is 0 Å². The van der Waals surface area contributed by atoms with Gasteiger partial charge < -0.3 is 9.64 Å². The number of thioether (sulfide) groups is 1. The molecule has 5 nitrogen and oxygen atoms in total. The Hall–Kier alpha value is -2.98. The van der Waals surface area contributed by atoms with Crippen LogP contribution in [0.3, 0.4) is 0 Å². The van der Waals surface area contributed by atoms with Gasteiger partial charge in [-0.3, -0.25) is 9.69 Å². The van der Waals surface area contributed by atoms with E-state index in [1.54, 1.807) is 24.1 Å². The molecule has 1 saturated heterocycles. The van der Waals surface area contributed by atoms with Crippen molar-refractivity contribution in [2.75, 3.05) is 24.6 Å². The third-order valence-corrected chi connectivity index (χ3v) is 6.15. The van der Waals surface area contributed by atoms with Crippen molar-refractivity contribution in [1.29, 1.82) is 5.26 Å². The zero-order valence-corrected chi connectivity index (χ0v) is 16.1. The van der Waals surface area contributed by atoms with Crippen molar-refractivity contribution in [2.24, 2.45) is 0 Å². The molecule has 142 valence electrons. The number of benzene rings is 2. The van der Waals surface area contributed by atoms with Gasteiger partial charge in [0.2, 0.25) is 5.91 Å². The Morgan fingerprint density at radius 2 is 1.96 bits per heavy atom. The summed E-state index contributed by atoms with van der Waals surface area (Å²) in [5.74, 6) is 0.619. The first-order chi connectivity index (χ1) is 13.6. The van der Waals surface area contributed by atoms with Gasteiger partial charge in [-0.1, -0.05) is 36.0 Å². The SMILES string of the molecule is COc1ccccc1N1CSC2=C(C#N)[C@H](c3ccc(F)cc3)CC(=O)N2C1. The average Bonchev–Trinajstić information content (AvgIpc) is 2.74. The van der Waals surface area contributed by atoms with E-state index in [2.05, 4.69) is 11.0 Å². The van der Waals surface area contributed by atoms with Crippen molar-refractivity contribution in [3.63, 3.8) is 0 Å². The number of allylic oxidation sites excluding steroid dienone is 1. The minimum Gasteiger partial charge on any atom is -0.495 e. The molecule has 0 aliphatic carbocycles. The summed E-state index contributed by atoms with van der Waals surface area (Å²) in [7, 11) is 1.62. The molecule has 0 unspecified atom stereocenters. The molecular weight excluding hydrogens is 377 g/mol. The van der Waals surface area contributed by atoms with Crippen LogP contribution >= 0.6 is 11.8 Å². The number of fused-ring (bicyclic) bond motifs is 1. The molecular formula is C21H18FN3O2S.